The minimum absolute atomic E-state index is 0.187. The molecule has 0 radical (unpaired) electrons. The van der Waals surface area contributed by atoms with E-state index in [4.69, 9.17) is 0 Å². The molecule has 0 atom stereocenters. The maximum Gasteiger partial charge on any atom is 0.256 e. The molecule has 0 aliphatic rings. The van der Waals surface area contributed by atoms with Crippen molar-refractivity contribution in [2.75, 3.05) is 73.2 Å². The Bertz CT molecular complexity index is 5230. The third kappa shape index (κ3) is 24.3. The highest BCUT2D eigenvalue weighted by atomic mass is 16.2. The standard InChI is InChI=1S/2C30H30N6O2.C28H25N5O/c1-21-8-11-23(19-27(21)35-29(37)7-5-17-36(2)3)30(38)33-25-12-9-22(10-13-25)18-28-32-16-14-26(34-28)24-6-4-15-31-20-24;1-21-8-11-25(33-29(37)7-5-17-36(2)3)19-26(21)30(38)34-24-12-9-22(10-13-24)18-28-32-16-14-27(35-28)23-6-4-15-31-20-23;1-4-20(3)31-26-17-22(10-7-19(26)2)28(34)32-24-11-8-21(9-12-24)16-27-30-15-13-25(33-27)23-6-5-14-29-18-23/h4-16,19-20H,17-18H2,1-3H3,(H,33,38)(H,35,37);4-16,19-20H,17-18H2,1-3H3,(H,33,37)(H,34,38);4-15,17-18,31H,1,3,16H2,2H3,(H,32,34)/b2*7-5+;. The van der Waals surface area contributed by atoms with Gasteiger partial charge < -0.3 is 41.7 Å². The molecule has 552 valence electrons. The lowest BCUT2D eigenvalue weighted by molar-refractivity contribution is -0.112. The van der Waals surface area contributed by atoms with Crippen LogP contribution in [0.2, 0.25) is 0 Å². The Kier molecular flexibility index (Phi) is 28.2. The van der Waals surface area contributed by atoms with Crippen molar-refractivity contribution in [1.82, 2.24) is 54.7 Å². The minimum atomic E-state index is -0.260. The lowest BCUT2D eigenvalue weighted by Gasteiger charge is -2.12. The van der Waals surface area contributed by atoms with Crippen LogP contribution >= 0.6 is 0 Å². The summed E-state index contributed by atoms with van der Waals surface area (Å²) in [5.74, 6) is 0.950. The van der Waals surface area contributed by atoms with Gasteiger partial charge in [0, 0.05) is 173 Å². The second-order valence-electron chi connectivity index (χ2n) is 26.0. The number of nitrogens with one attached hydrogen (secondary N) is 6. The Balaban J connectivity index is 0.000000176. The van der Waals surface area contributed by atoms with E-state index in [9.17, 15) is 24.0 Å². The van der Waals surface area contributed by atoms with Gasteiger partial charge in [0.05, 0.1) is 17.1 Å². The minimum Gasteiger partial charge on any atom is -0.356 e. The van der Waals surface area contributed by atoms with Crippen molar-refractivity contribution in [1.29, 1.82) is 0 Å². The zero-order valence-electron chi connectivity index (χ0n) is 62.3. The Morgan fingerprint density at radius 3 is 1.13 bits per heavy atom. The summed E-state index contributed by atoms with van der Waals surface area (Å²) in [7, 11) is 7.72. The number of hydrogen-bond donors (Lipinski definition) is 6. The number of likely N-dealkylation sites (N-methyl/N-ethyl adjacent to an activating group) is 2. The van der Waals surface area contributed by atoms with Crippen LogP contribution in [-0.2, 0) is 28.9 Å². The summed E-state index contributed by atoms with van der Waals surface area (Å²) in [6, 6.07) is 56.0. The molecule has 12 rings (SSSR count). The van der Waals surface area contributed by atoms with Gasteiger partial charge in [-0.15, -0.1) is 0 Å². The molecule has 6 N–H and O–H groups in total. The van der Waals surface area contributed by atoms with E-state index in [0.29, 0.717) is 94.8 Å². The summed E-state index contributed by atoms with van der Waals surface area (Å²) in [5.41, 5.74) is 17.3. The molecule has 0 saturated heterocycles. The summed E-state index contributed by atoms with van der Waals surface area (Å²) in [5, 5.41) is 17.6. The predicted octanol–water partition coefficient (Wildman–Crippen LogP) is 15.3. The Morgan fingerprint density at radius 1 is 0.391 bits per heavy atom. The number of aromatic nitrogens is 9. The van der Waals surface area contributed by atoms with E-state index in [0.717, 1.165) is 78.7 Å². The molecule has 6 heterocycles. The van der Waals surface area contributed by atoms with Crippen LogP contribution in [0.15, 0.2) is 287 Å². The number of benzene rings is 6. The second-order valence-corrected chi connectivity index (χ2v) is 26.0. The number of anilines is 6. The Morgan fingerprint density at radius 2 is 0.755 bits per heavy atom. The molecule has 110 heavy (non-hydrogen) atoms. The molecule has 22 nitrogen and oxygen atoms in total. The first kappa shape index (κ1) is 78.6. The van der Waals surface area contributed by atoms with E-state index in [-0.39, 0.29) is 29.5 Å². The van der Waals surface area contributed by atoms with E-state index < -0.39 is 0 Å². The molecule has 5 amide bonds. The number of hydrogen-bond acceptors (Lipinski definition) is 17. The molecule has 0 fully saturated rings. The Hall–Kier alpha value is -14.0. The van der Waals surface area contributed by atoms with Crippen LogP contribution in [0.3, 0.4) is 0 Å². The molecule has 0 spiro atoms. The fraction of sp³-hybridized carbons (Fsp3) is 0.136. The zero-order valence-corrected chi connectivity index (χ0v) is 62.3. The first-order valence-corrected chi connectivity index (χ1v) is 35.3. The van der Waals surface area contributed by atoms with Crippen molar-refractivity contribution in [3.63, 3.8) is 0 Å². The molecule has 0 unspecified atom stereocenters. The highest BCUT2D eigenvalue weighted by molar-refractivity contribution is 6.08. The van der Waals surface area contributed by atoms with Gasteiger partial charge in [-0.05, 0) is 216 Å². The van der Waals surface area contributed by atoms with Gasteiger partial charge in [0.15, 0.2) is 0 Å². The zero-order chi connectivity index (χ0) is 77.7. The predicted molar refractivity (Wildman–Crippen MR) is 437 cm³/mol. The van der Waals surface area contributed by atoms with E-state index in [2.05, 4.69) is 89.9 Å². The number of allylic oxidation sites excluding steroid dienone is 1. The smallest absolute Gasteiger partial charge is 0.256 e. The SMILES string of the molecule is C=CC(=C)Nc1cc(C(=O)Nc2ccc(Cc3nccc(-c4cccnc4)n3)cc2)ccc1C.Cc1ccc(C(=O)Nc2ccc(Cc3nccc(-c4cccnc4)n3)cc2)cc1NC(=O)/C=C/CN(C)C.Cc1ccc(NC(=O)/C=C/CN(C)C)cc1C(=O)Nc1ccc(Cc2nccc(-c3cccnc3)n2)cc1. The first-order valence-electron chi connectivity index (χ1n) is 35.3. The molecule has 22 heteroatoms. The first-order chi connectivity index (χ1) is 53.2. The third-order valence-electron chi connectivity index (χ3n) is 16.7. The van der Waals surface area contributed by atoms with Crippen LogP contribution in [0, 0.1) is 20.8 Å². The molecule has 0 bridgehead atoms. The van der Waals surface area contributed by atoms with Crippen molar-refractivity contribution < 1.29 is 24.0 Å². The number of aryl methyl sites for hydroxylation is 3. The van der Waals surface area contributed by atoms with Crippen LogP contribution in [0.25, 0.3) is 33.8 Å². The summed E-state index contributed by atoms with van der Waals surface area (Å²) in [6.07, 6.45) is 25.7. The average molecular weight is 1460 g/mol. The van der Waals surface area contributed by atoms with E-state index in [1.54, 1.807) is 110 Å². The molecular weight excluding hydrogens is 1380 g/mol. The quantitative estimate of drug-likeness (QED) is 0.0217. The van der Waals surface area contributed by atoms with Crippen LogP contribution in [0.4, 0.5) is 34.1 Å². The van der Waals surface area contributed by atoms with E-state index in [1.165, 1.54) is 12.2 Å². The number of nitrogens with zero attached hydrogens (tertiary/aromatic N) is 11. The maximum atomic E-state index is 13.0. The van der Waals surface area contributed by atoms with Crippen molar-refractivity contribution >= 4 is 63.7 Å². The number of carbonyl (C=O) groups excluding carboxylic acids is 5. The molecule has 6 aromatic heterocycles. The van der Waals surface area contributed by atoms with E-state index in [1.807, 2.05) is 204 Å². The van der Waals surface area contributed by atoms with Crippen LogP contribution in [0.5, 0.6) is 0 Å². The maximum absolute atomic E-state index is 13.0. The third-order valence-corrected chi connectivity index (χ3v) is 16.7. The monoisotopic (exact) mass is 1460 g/mol. The summed E-state index contributed by atoms with van der Waals surface area (Å²) < 4.78 is 0. The van der Waals surface area contributed by atoms with Gasteiger partial charge in [0.2, 0.25) is 11.8 Å². The topological polar surface area (TPSA) is 280 Å². The van der Waals surface area contributed by atoms with Crippen molar-refractivity contribution in [2.24, 2.45) is 0 Å². The summed E-state index contributed by atoms with van der Waals surface area (Å²) >= 11 is 0. The van der Waals surface area contributed by atoms with Crippen LogP contribution in [0.1, 0.15) is 81.9 Å². The lowest BCUT2D eigenvalue weighted by Crippen LogP contribution is -2.15. The van der Waals surface area contributed by atoms with Gasteiger partial charge >= 0.3 is 0 Å². The number of pyridine rings is 3. The number of rotatable bonds is 26. The van der Waals surface area contributed by atoms with Gasteiger partial charge in [0.25, 0.3) is 17.7 Å². The van der Waals surface area contributed by atoms with Gasteiger partial charge in [-0.25, -0.2) is 29.9 Å². The fourth-order valence-corrected chi connectivity index (χ4v) is 10.8. The van der Waals surface area contributed by atoms with E-state index >= 15 is 0 Å². The second kappa shape index (κ2) is 39.4. The summed E-state index contributed by atoms with van der Waals surface area (Å²) in [6.45, 7) is 14.6. The largest absolute Gasteiger partial charge is 0.356 e. The van der Waals surface area contributed by atoms with Gasteiger partial charge in [0.1, 0.15) is 17.5 Å². The average Bonchev–Trinajstić information content (AvgIpc) is 0.861. The van der Waals surface area contributed by atoms with Gasteiger partial charge in [-0.2, -0.15) is 0 Å². The van der Waals surface area contributed by atoms with Gasteiger partial charge in [-0.3, -0.25) is 38.9 Å². The van der Waals surface area contributed by atoms with Crippen molar-refractivity contribution in [3.05, 3.63) is 355 Å². The normalized spacial score (nSPS) is 10.8. The fourth-order valence-electron chi connectivity index (χ4n) is 10.8. The molecule has 12 aromatic rings. The molecule has 0 aliphatic heterocycles. The highest BCUT2D eigenvalue weighted by Gasteiger charge is 2.16. The highest BCUT2D eigenvalue weighted by Crippen LogP contribution is 2.26. The number of carbonyl (C=O) groups is 5. The lowest BCUT2D eigenvalue weighted by atomic mass is 10.1. The molecule has 0 aliphatic carbocycles. The van der Waals surface area contributed by atoms with Gasteiger partial charge in [-0.1, -0.05) is 79.9 Å². The molecule has 6 aromatic carbocycles. The van der Waals surface area contributed by atoms with Crippen LogP contribution in [-0.4, -0.2) is 125 Å². The molecular formula is C88H85N17O5. The molecule has 0 saturated carbocycles. The number of amides is 5. The summed E-state index contributed by atoms with van der Waals surface area (Å²) in [4.78, 5) is 107. The van der Waals surface area contributed by atoms with Crippen molar-refractivity contribution in [2.45, 2.75) is 40.0 Å². The van der Waals surface area contributed by atoms with Crippen molar-refractivity contribution in [3.8, 4) is 33.8 Å². The Labute approximate surface area is 640 Å². The van der Waals surface area contributed by atoms with Crippen LogP contribution < -0.4 is 31.9 Å².